The minimum Gasteiger partial charge on any atom is -0.478 e. The Labute approximate surface area is 176 Å². The molecule has 0 amide bonds. The molecule has 27 heavy (non-hydrogen) atoms. The van der Waals surface area contributed by atoms with Crippen LogP contribution in [0.4, 0.5) is 13.2 Å². The normalized spacial score (nSPS) is 11.7. The first-order valence-corrected chi connectivity index (χ1v) is 8.84. The predicted octanol–water partition coefficient (Wildman–Crippen LogP) is 3.48. The maximum absolute atomic E-state index is 12.5. The number of pyridine rings is 1. The van der Waals surface area contributed by atoms with E-state index >= 15 is 0 Å². The van der Waals surface area contributed by atoms with Crippen LogP contribution in [0.3, 0.4) is 0 Å². The van der Waals surface area contributed by atoms with Gasteiger partial charge in [-0.25, -0.2) is 9.97 Å². The average Bonchev–Trinajstić information content (AvgIpc) is 3.08. The number of nitrogens with zero attached hydrogens (tertiary/aromatic N) is 3. The molecule has 0 bridgehead atoms. The number of nitrogens with one attached hydrogen (secondary N) is 2. The van der Waals surface area contributed by atoms with E-state index in [1.807, 2.05) is 19.1 Å². The van der Waals surface area contributed by atoms with Gasteiger partial charge in [0.05, 0.1) is 11.6 Å². The minimum atomic E-state index is -4.40. The highest BCUT2D eigenvalue weighted by atomic mass is 127. The van der Waals surface area contributed by atoms with E-state index < -0.39 is 11.9 Å². The van der Waals surface area contributed by atoms with E-state index in [9.17, 15) is 13.2 Å². The molecule has 11 heteroatoms. The number of halogens is 4. The lowest BCUT2D eigenvalue weighted by Crippen LogP contribution is -2.37. The van der Waals surface area contributed by atoms with E-state index in [4.69, 9.17) is 4.74 Å². The monoisotopic (exact) mass is 515 g/mol. The van der Waals surface area contributed by atoms with Crippen LogP contribution in [0.15, 0.2) is 28.7 Å². The molecule has 0 saturated carbocycles. The van der Waals surface area contributed by atoms with Gasteiger partial charge in [0, 0.05) is 44.2 Å². The molecular formula is C16H21F3IN5OS. The fourth-order valence-corrected chi connectivity index (χ4v) is 2.84. The van der Waals surface area contributed by atoms with Crippen LogP contribution in [0.5, 0.6) is 5.88 Å². The zero-order valence-corrected chi connectivity index (χ0v) is 18.0. The molecule has 0 spiro atoms. The van der Waals surface area contributed by atoms with Gasteiger partial charge in [0.25, 0.3) is 0 Å². The molecule has 6 nitrogen and oxygen atoms in total. The van der Waals surface area contributed by atoms with Gasteiger partial charge in [0.1, 0.15) is 0 Å². The number of aliphatic imine (C=N–C) groups is 1. The Balaban J connectivity index is 0.00000364. The third-order valence-corrected chi connectivity index (χ3v) is 4.16. The van der Waals surface area contributed by atoms with E-state index in [0.717, 1.165) is 22.3 Å². The highest BCUT2D eigenvalue weighted by Gasteiger charge is 2.33. The van der Waals surface area contributed by atoms with Gasteiger partial charge in [-0.3, -0.25) is 4.99 Å². The summed E-state index contributed by atoms with van der Waals surface area (Å²) < 4.78 is 42.9. The van der Waals surface area contributed by atoms with E-state index in [1.54, 1.807) is 13.2 Å². The van der Waals surface area contributed by atoms with Crippen molar-refractivity contribution >= 4 is 41.3 Å². The molecule has 2 aromatic rings. The van der Waals surface area contributed by atoms with Crippen LogP contribution in [0.2, 0.25) is 0 Å². The van der Waals surface area contributed by atoms with Gasteiger partial charge in [-0.1, -0.05) is 0 Å². The molecule has 0 atom stereocenters. The van der Waals surface area contributed by atoms with Crippen molar-refractivity contribution < 1.29 is 17.9 Å². The van der Waals surface area contributed by atoms with E-state index in [1.165, 1.54) is 0 Å². The number of rotatable bonds is 7. The lowest BCUT2D eigenvalue weighted by molar-refractivity contribution is -0.140. The van der Waals surface area contributed by atoms with Gasteiger partial charge in [0.15, 0.2) is 11.7 Å². The summed E-state index contributed by atoms with van der Waals surface area (Å²) in [6, 6.07) is 3.69. The first-order valence-electron chi connectivity index (χ1n) is 7.96. The van der Waals surface area contributed by atoms with Crippen molar-refractivity contribution in [3.8, 4) is 5.88 Å². The number of hydrogen-bond acceptors (Lipinski definition) is 5. The van der Waals surface area contributed by atoms with Crippen LogP contribution in [-0.2, 0) is 19.1 Å². The summed E-state index contributed by atoms with van der Waals surface area (Å²) in [5.41, 5.74) is 0.129. The Morgan fingerprint density at radius 1 is 1.33 bits per heavy atom. The van der Waals surface area contributed by atoms with Gasteiger partial charge in [-0.05, 0) is 18.6 Å². The van der Waals surface area contributed by atoms with Crippen molar-refractivity contribution in [2.45, 2.75) is 26.1 Å². The molecule has 150 valence electrons. The SMILES string of the molecule is CCOc1cc(CNC(=NC)NCCc2nc(C(F)(F)F)cs2)ccn1.I. The molecule has 0 unspecified atom stereocenters. The van der Waals surface area contributed by atoms with Crippen LogP contribution in [0.1, 0.15) is 23.2 Å². The summed E-state index contributed by atoms with van der Waals surface area (Å²) in [4.78, 5) is 11.8. The van der Waals surface area contributed by atoms with Crippen LogP contribution in [0.25, 0.3) is 0 Å². The predicted molar refractivity (Wildman–Crippen MR) is 110 cm³/mol. The van der Waals surface area contributed by atoms with Crippen molar-refractivity contribution in [1.29, 1.82) is 0 Å². The second-order valence-electron chi connectivity index (χ2n) is 5.16. The van der Waals surface area contributed by atoms with Gasteiger partial charge >= 0.3 is 6.18 Å². The van der Waals surface area contributed by atoms with Crippen molar-refractivity contribution in [2.24, 2.45) is 4.99 Å². The van der Waals surface area contributed by atoms with Crippen molar-refractivity contribution in [3.05, 3.63) is 40.0 Å². The van der Waals surface area contributed by atoms with E-state index in [2.05, 4.69) is 25.6 Å². The molecule has 2 N–H and O–H groups in total. The molecule has 0 aromatic carbocycles. The zero-order valence-electron chi connectivity index (χ0n) is 14.8. The maximum atomic E-state index is 12.5. The highest BCUT2D eigenvalue weighted by molar-refractivity contribution is 14.0. The number of ether oxygens (including phenoxy) is 1. The van der Waals surface area contributed by atoms with Gasteiger partial charge in [-0.2, -0.15) is 13.2 Å². The summed E-state index contributed by atoms with van der Waals surface area (Å²) >= 11 is 1.000. The summed E-state index contributed by atoms with van der Waals surface area (Å²) in [7, 11) is 1.62. The molecular weight excluding hydrogens is 494 g/mol. The molecule has 2 aromatic heterocycles. The quantitative estimate of drug-likeness (QED) is 0.336. The van der Waals surface area contributed by atoms with Crippen molar-refractivity contribution in [3.63, 3.8) is 0 Å². The highest BCUT2D eigenvalue weighted by Crippen LogP contribution is 2.29. The average molecular weight is 515 g/mol. The molecule has 0 saturated heterocycles. The number of aromatic nitrogens is 2. The first kappa shape index (κ1) is 23.4. The number of thiazole rings is 1. The summed E-state index contributed by atoms with van der Waals surface area (Å²) in [5, 5.41) is 7.64. The first-order chi connectivity index (χ1) is 12.4. The van der Waals surface area contributed by atoms with Crippen LogP contribution < -0.4 is 15.4 Å². The zero-order chi connectivity index (χ0) is 19.0. The fourth-order valence-electron chi connectivity index (χ4n) is 2.04. The number of hydrogen-bond donors (Lipinski definition) is 2. The van der Waals surface area contributed by atoms with E-state index in [0.29, 0.717) is 43.0 Å². The molecule has 0 radical (unpaired) electrons. The smallest absolute Gasteiger partial charge is 0.434 e. The molecule has 0 aliphatic carbocycles. The molecule has 0 aliphatic heterocycles. The topological polar surface area (TPSA) is 71.4 Å². The summed E-state index contributed by atoms with van der Waals surface area (Å²) in [5.74, 6) is 1.10. The second-order valence-corrected chi connectivity index (χ2v) is 6.10. The van der Waals surface area contributed by atoms with Crippen molar-refractivity contribution in [2.75, 3.05) is 20.2 Å². The lowest BCUT2D eigenvalue weighted by atomic mass is 10.2. The standard InChI is InChI=1S/C16H20F3N5OS.HI/c1-3-25-13-8-11(4-6-21-13)9-23-15(20-2)22-7-5-14-24-12(10-26-14)16(17,18)19;/h4,6,8,10H,3,5,7,9H2,1-2H3,(H2,20,22,23);1H. The third-order valence-electron chi connectivity index (χ3n) is 3.25. The largest absolute Gasteiger partial charge is 0.478 e. The minimum absolute atomic E-state index is 0. The van der Waals surface area contributed by atoms with Crippen LogP contribution in [-0.4, -0.2) is 36.1 Å². The van der Waals surface area contributed by atoms with E-state index in [-0.39, 0.29) is 24.0 Å². The summed E-state index contributed by atoms with van der Waals surface area (Å²) in [6.45, 7) is 3.36. The Morgan fingerprint density at radius 3 is 2.74 bits per heavy atom. The number of guanidine groups is 1. The van der Waals surface area contributed by atoms with Gasteiger partial charge in [0.2, 0.25) is 5.88 Å². The molecule has 0 aliphatic rings. The lowest BCUT2D eigenvalue weighted by Gasteiger charge is -2.12. The molecule has 0 fully saturated rings. The fraction of sp³-hybridized carbons (Fsp3) is 0.438. The third kappa shape index (κ3) is 7.87. The Hall–Kier alpha value is -1.63. The van der Waals surface area contributed by atoms with Crippen LogP contribution >= 0.6 is 35.3 Å². The van der Waals surface area contributed by atoms with Gasteiger partial charge in [-0.15, -0.1) is 35.3 Å². The van der Waals surface area contributed by atoms with Crippen molar-refractivity contribution in [1.82, 2.24) is 20.6 Å². The number of alkyl halides is 3. The summed E-state index contributed by atoms with van der Waals surface area (Å²) in [6.07, 6.45) is -2.35. The molecule has 2 rings (SSSR count). The Morgan fingerprint density at radius 2 is 2.11 bits per heavy atom. The maximum Gasteiger partial charge on any atom is 0.434 e. The Kier molecular flexibility index (Phi) is 9.77. The van der Waals surface area contributed by atoms with Gasteiger partial charge < -0.3 is 15.4 Å². The molecule has 2 heterocycles. The second kappa shape index (κ2) is 11.3. The Bertz CT molecular complexity index is 739. The van der Waals surface area contributed by atoms with Crippen LogP contribution in [0, 0.1) is 0 Å².